The summed E-state index contributed by atoms with van der Waals surface area (Å²) in [6.07, 6.45) is 0. The molecule has 7 heteroatoms. The number of anilines is 1. The molecule has 14 heavy (non-hydrogen) atoms. The number of para-hydroxylation sites is 2. The van der Waals surface area contributed by atoms with Gasteiger partial charge in [0.2, 0.25) is 0 Å². The van der Waals surface area contributed by atoms with Crippen molar-refractivity contribution in [2.75, 3.05) is 5.32 Å². The minimum absolute atomic E-state index is 0.365. The lowest BCUT2D eigenvalue weighted by atomic mass is 10.3. The third-order valence-electron chi connectivity index (χ3n) is 1.88. The van der Waals surface area contributed by atoms with Crippen molar-refractivity contribution in [2.24, 2.45) is 10.9 Å². The van der Waals surface area contributed by atoms with Crippen LogP contribution in [0.2, 0.25) is 0 Å². The number of nitrogens with two attached hydrogens (primary N) is 2. The summed E-state index contributed by atoms with van der Waals surface area (Å²) < 4.78 is 27.2. The fourth-order valence-corrected chi connectivity index (χ4v) is 1.62. The van der Waals surface area contributed by atoms with E-state index in [-0.39, 0.29) is 0 Å². The number of hydrogen-bond acceptors (Lipinski definition) is 5. The van der Waals surface area contributed by atoms with Crippen LogP contribution in [0.1, 0.15) is 0 Å². The molecule has 1 aromatic rings. The van der Waals surface area contributed by atoms with E-state index < -0.39 is 15.2 Å². The molecule has 0 spiro atoms. The van der Waals surface area contributed by atoms with Gasteiger partial charge >= 0.3 is 5.18 Å². The van der Waals surface area contributed by atoms with Crippen molar-refractivity contribution in [3.63, 3.8) is 0 Å². The predicted octanol–water partition coefficient (Wildman–Crippen LogP) is -0.651. The maximum Gasteiger partial charge on any atom is 0.356 e. The summed E-state index contributed by atoms with van der Waals surface area (Å²) in [7, 11) is -4.03. The zero-order chi connectivity index (χ0) is 10.4. The molecular formula is C7H9N3O3S. The average Bonchev–Trinajstić information content (AvgIpc) is 2.40. The van der Waals surface area contributed by atoms with Crippen LogP contribution in [0.4, 0.5) is 5.69 Å². The van der Waals surface area contributed by atoms with Gasteiger partial charge < -0.3 is 10.1 Å². The van der Waals surface area contributed by atoms with Gasteiger partial charge in [0.05, 0.1) is 5.69 Å². The summed E-state index contributed by atoms with van der Waals surface area (Å²) in [5.41, 5.74) is 5.94. The Morgan fingerprint density at radius 1 is 1.36 bits per heavy atom. The standard InChI is InChI=1S/C7H9N3O3S/c8-7(14(9,11)12)10-5-3-1-2-4-6(5)13-7/h1-4,10H,8H2,(H2,9,11,12). The minimum atomic E-state index is -4.03. The molecule has 1 aliphatic heterocycles. The van der Waals surface area contributed by atoms with E-state index in [0.717, 1.165) is 0 Å². The second kappa shape index (κ2) is 2.59. The Morgan fingerprint density at radius 3 is 2.57 bits per heavy atom. The first kappa shape index (κ1) is 9.25. The van der Waals surface area contributed by atoms with Crippen LogP contribution >= 0.6 is 0 Å². The zero-order valence-corrected chi connectivity index (χ0v) is 7.91. The second-order valence-electron chi connectivity index (χ2n) is 2.94. The summed E-state index contributed by atoms with van der Waals surface area (Å²) in [4.78, 5) is 0. The maximum absolute atomic E-state index is 11.1. The molecule has 5 N–H and O–H groups in total. The lowest BCUT2D eigenvalue weighted by molar-refractivity contribution is 0.210. The summed E-state index contributed by atoms with van der Waals surface area (Å²) >= 11 is 0. The zero-order valence-electron chi connectivity index (χ0n) is 7.10. The highest BCUT2D eigenvalue weighted by atomic mass is 32.2. The molecule has 0 amide bonds. The number of fused-ring (bicyclic) bond motifs is 1. The van der Waals surface area contributed by atoms with Gasteiger partial charge in [-0.15, -0.1) is 0 Å². The lowest BCUT2D eigenvalue weighted by Gasteiger charge is -2.20. The number of ether oxygens (including phenoxy) is 1. The van der Waals surface area contributed by atoms with Crippen molar-refractivity contribution in [3.8, 4) is 5.75 Å². The maximum atomic E-state index is 11.1. The van der Waals surface area contributed by atoms with Crippen molar-refractivity contribution >= 4 is 15.7 Å². The molecule has 1 atom stereocenters. The molecule has 1 aromatic carbocycles. The normalized spacial score (nSPS) is 25.0. The molecular weight excluding hydrogens is 206 g/mol. The van der Waals surface area contributed by atoms with Gasteiger partial charge in [0.15, 0.2) is 0 Å². The summed E-state index contributed by atoms with van der Waals surface area (Å²) in [5, 5.41) is 5.35. The van der Waals surface area contributed by atoms with Gasteiger partial charge in [0.25, 0.3) is 10.0 Å². The van der Waals surface area contributed by atoms with Crippen molar-refractivity contribution in [1.82, 2.24) is 0 Å². The molecule has 2 rings (SSSR count). The summed E-state index contributed by atoms with van der Waals surface area (Å²) in [6, 6.07) is 6.68. The van der Waals surface area contributed by atoms with Crippen LogP contribution in [0.15, 0.2) is 24.3 Å². The van der Waals surface area contributed by atoms with E-state index in [1.54, 1.807) is 24.3 Å². The van der Waals surface area contributed by atoms with Crippen LogP contribution in [0.5, 0.6) is 5.75 Å². The van der Waals surface area contributed by atoms with Gasteiger partial charge in [-0.1, -0.05) is 12.1 Å². The fraction of sp³-hybridized carbons (Fsp3) is 0.143. The third kappa shape index (κ3) is 1.22. The van der Waals surface area contributed by atoms with Crippen LogP contribution < -0.4 is 20.9 Å². The molecule has 0 bridgehead atoms. The van der Waals surface area contributed by atoms with Gasteiger partial charge in [-0.2, -0.15) is 0 Å². The largest absolute Gasteiger partial charge is 0.439 e. The van der Waals surface area contributed by atoms with Gasteiger partial charge in [0.1, 0.15) is 5.75 Å². The van der Waals surface area contributed by atoms with Crippen molar-refractivity contribution in [2.45, 2.75) is 5.18 Å². The Kier molecular flexibility index (Phi) is 1.71. The second-order valence-corrected chi connectivity index (χ2v) is 4.63. The summed E-state index contributed by atoms with van der Waals surface area (Å²) in [5.74, 6) is 0.365. The Hall–Kier alpha value is -1.31. The van der Waals surface area contributed by atoms with E-state index in [9.17, 15) is 8.42 Å². The first-order chi connectivity index (χ1) is 6.42. The van der Waals surface area contributed by atoms with Crippen LogP contribution in [0.25, 0.3) is 0 Å². The molecule has 1 heterocycles. The van der Waals surface area contributed by atoms with Gasteiger partial charge in [-0.3, -0.25) is 5.73 Å². The highest BCUT2D eigenvalue weighted by Gasteiger charge is 2.45. The smallest absolute Gasteiger partial charge is 0.356 e. The van der Waals surface area contributed by atoms with E-state index in [1.807, 2.05) is 0 Å². The molecule has 0 aromatic heterocycles. The predicted molar refractivity (Wildman–Crippen MR) is 50.7 cm³/mol. The molecule has 0 saturated carbocycles. The topological polar surface area (TPSA) is 107 Å². The van der Waals surface area contributed by atoms with E-state index in [4.69, 9.17) is 15.6 Å². The Bertz CT molecular complexity index is 446. The lowest BCUT2D eigenvalue weighted by Crippen LogP contribution is -2.59. The van der Waals surface area contributed by atoms with Crippen molar-refractivity contribution in [3.05, 3.63) is 24.3 Å². The number of benzene rings is 1. The number of primary sulfonamides is 1. The van der Waals surface area contributed by atoms with E-state index in [2.05, 4.69) is 5.32 Å². The van der Waals surface area contributed by atoms with Gasteiger partial charge in [-0.25, -0.2) is 13.6 Å². The minimum Gasteiger partial charge on any atom is -0.439 e. The molecule has 0 aliphatic carbocycles. The number of hydrogen-bond donors (Lipinski definition) is 3. The first-order valence-corrected chi connectivity index (χ1v) is 5.34. The average molecular weight is 215 g/mol. The quantitative estimate of drug-likeness (QED) is 0.577. The van der Waals surface area contributed by atoms with Crippen LogP contribution in [-0.4, -0.2) is 13.6 Å². The van der Waals surface area contributed by atoms with E-state index in [0.29, 0.717) is 11.4 Å². The summed E-state index contributed by atoms with van der Waals surface area (Å²) in [6.45, 7) is 0. The van der Waals surface area contributed by atoms with Gasteiger partial charge in [-0.05, 0) is 12.1 Å². The first-order valence-electron chi connectivity index (χ1n) is 3.80. The molecule has 0 radical (unpaired) electrons. The highest BCUT2D eigenvalue weighted by Crippen LogP contribution is 2.35. The molecule has 0 fully saturated rings. The molecule has 1 aliphatic rings. The highest BCUT2D eigenvalue weighted by molar-refractivity contribution is 7.90. The third-order valence-corrected chi connectivity index (χ3v) is 2.91. The number of sulfonamides is 1. The number of nitrogens with one attached hydrogen (secondary N) is 1. The van der Waals surface area contributed by atoms with Crippen LogP contribution in [0.3, 0.4) is 0 Å². The van der Waals surface area contributed by atoms with E-state index >= 15 is 0 Å². The molecule has 76 valence electrons. The van der Waals surface area contributed by atoms with Crippen molar-refractivity contribution in [1.29, 1.82) is 0 Å². The van der Waals surface area contributed by atoms with Crippen LogP contribution in [0, 0.1) is 0 Å². The molecule has 1 unspecified atom stereocenters. The van der Waals surface area contributed by atoms with Gasteiger partial charge in [0, 0.05) is 0 Å². The Morgan fingerprint density at radius 2 is 2.00 bits per heavy atom. The fourth-order valence-electron chi connectivity index (χ4n) is 1.16. The Labute approximate surface area is 80.9 Å². The SMILES string of the molecule is NC1(S(N)(=O)=O)Nc2ccccc2O1. The Balaban J connectivity index is 2.45. The number of rotatable bonds is 1. The van der Waals surface area contributed by atoms with Crippen LogP contribution in [-0.2, 0) is 10.0 Å². The van der Waals surface area contributed by atoms with Crippen molar-refractivity contribution < 1.29 is 13.2 Å². The van der Waals surface area contributed by atoms with E-state index in [1.165, 1.54) is 0 Å². The molecule has 6 nitrogen and oxygen atoms in total. The molecule has 0 saturated heterocycles. The monoisotopic (exact) mass is 215 g/mol.